The van der Waals surface area contributed by atoms with Crippen LogP contribution in [0.2, 0.25) is 0 Å². The largest absolute Gasteiger partial charge is 0.416 e. The summed E-state index contributed by atoms with van der Waals surface area (Å²) in [5.41, 5.74) is -1.58. The summed E-state index contributed by atoms with van der Waals surface area (Å²) >= 11 is 5.32. The predicted octanol–water partition coefficient (Wildman–Crippen LogP) is 3.97. The number of thiocarbonyl (C=S) groups is 1. The molecule has 2 bridgehead atoms. The first-order valence-electron chi connectivity index (χ1n) is 9.93. The first kappa shape index (κ1) is 21.6. The van der Waals surface area contributed by atoms with Gasteiger partial charge in [-0.05, 0) is 49.0 Å². The molecule has 3 atom stereocenters. The fourth-order valence-corrected chi connectivity index (χ4v) is 5.06. The molecule has 0 aromatic heterocycles. The number of piperazine rings is 1. The van der Waals surface area contributed by atoms with Crippen LogP contribution < -0.4 is 10.2 Å². The van der Waals surface area contributed by atoms with Gasteiger partial charge < -0.3 is 15.1 Å². The summed E-state index contributed by atoms with van der Waals surface area (Å²) in [6.45, 7) is 0.221. The standard InChI is InChI=1S/C21H15F5N4O2S/c22-13-5-2-6-14(23)16(13)27-19(33)28-9-12-8-15(28)17-18(31)30(20(32)29(12)17)11-4-1-3-10(7-11)21(24,25)26/h1-7,12,15,17H,8-9H2,(H,27,33)/t12-,15-,17+/m0/s1. The van der Waals surface area contributed by atoms with Crippen molar-refractivity contribution in [1.82, 2.24) is 9.80 Å². The van der Waals surface area contributed by atoms with Crippen LogP contribution in [0.15, 0.2) is 42.5 Å². The summed E-state index contributed by atoms with van der Waals surface area (Å²) < 4.78 is 67.3. The molecule has 2 aromatic carbocycles. The van der Waals surface area contributed by atoms with Crippen molar-refractivity contribution in [3.05, 3.63) is 59.7 Å². The van der Waals surface area contributed by atoms with Crippen LogP contribution in [0.5, 0.6) is 0 Å². The summed E-state index contributed by atoms with van der Waals surface area (Å²) in [6, 6.07) is 4.69. The number of rotatable bonds is 2. The summed E-state index contributed by atoms with van der Waals surface area (Å²) in [6.07, 6.45) is -4.23. The highest BCUT2D eigenvalue weighted by atomic mass is 32.1. The normalized spacial score (nSPS) is 24.0. The Balaban J connectivity index is 1.40. The van der Waals surface area contributed by atoms with Gasteiger partial charge in [0.25, 0.3) is 5.91 Å². The van der Waals surface area contributed by atoms with E-state index in [1.165, 1.54) is 17.0 Å². The minimum atomic E-state index is -4.63. The number of carbonyl (C=O) groups is 2. The maximum absolute atomic E-state index is 14.0. The van der Waals surface area contributed by atoms with Crippen LogP contribution in [-0.4, -0.2) is 51.5 Å². The summed E-state index contributed by atoms with van der Waals surface area (Å²) in [5.74, 6) is -2.35. The molecule has 0 radical (unpaired) electrons. The number of alkyl halides is 3. The van der Waals surface area contributed by atoms with Gasteiger partial charge in [-0.3, -0.25) is 4.79 Å². The number of carbonyl (C=O) groups excluding carboxylic acids is 2. The van der Waals surface area contributed by atoms with E-state index < -0.39 is 59.1 Å². The van der Waals surface area contributed by atoms with E-state index in [9.17, 15) is 31.5 Å². The van der Waals surface area contributed by atoms with E-state index in [1.54, 1.807) is 4.90 Å². The maximum atomic E-state index is 14.0. The number of likely N-dealkylation sites (tertiary alicyclic amines) is 1. The summed E-state index contributed by atoms with van der Waals surface area (Å²) in [5, 5.41) is 2.52. The molecule has 172 valence electrons. The monoisotopic (exact) mass is 482 g/mol. The molecule has 3 fully saturated rings. The van der Waals surface area contributed by atoms with E-state index in [1.807, 2.05) is 0 Å². The highest BCUT2D eigenvalue weighted by Gasteiger charge is 2.62. The van der Waals surface area contributed by atoms with Crippen molar-refractivity contribution in [2.24, 2.45) is 0 Å². The smallest absolute Gasteiger partial charge is 0.341 e. The van der Waals surface area contributed by atoms with Crippen LogP contribution in [0.1, 0.15) is 12.0 Å². The fraction of sp³-hybridized carbons (Fsp3) is 0.286. The molecule has 0 saturated carbocycles. The fourth-order valence-electron chi connectivity index (χ4n) is 4.75. The Hall–Kier alpha value is -3.28. The summed E-state index contributed by atoms with van der Waals surface area (Å²) in [4.78, 5) is 29.8. The SMILES string of the molecule is O=C1[C@H]2[C@@H]3C[C@@H](CN3C(=S)Nc3c(F)cccc3F)N2C(=O)N1c1cccc(C(F)(F)F)c1. The zero-order valence-electron chi connectivity index (χ0n) is 16.6. The molecular weight excluding hydrogens is 467 g/mol. The highest BCUT2D eigenvalue weighted by molar-refractivity contribution is 7.80. The second-order valence-corrected chi connectivity index (χ2v) is 8.38. The lowest BCUT2D eigenvalue weighted by Crippen LogP contribution is -2.55. The number of para-hydroxylation sites is 1. The molecule has 1 N–H and O–H groups in total. The van der Waals surface area contributed by atoms with Gasteiger partial charge in [0.2, 0.25) is 0 Å². The third kappa shape index (κ3) is 3.31. The lowest BCUT2D eigenvalue weighted by molar-refractivity contribution is -0.137. The summed E-state index contributed by atoms with van der Waals surface area (Å²) in [7, 11) is 0. The van der Waals surface area contributed by atoms with E-state index in [4.69, 9.17) is 12.2 Å². The first-order valence-corrected chi connectivity index (χ1v) is 10.3. The number of fused-ring (bicyclic) bond motifs is 5. The number of nitrogens with one attached hydrogen (secondary N) is 1. The molecule has 0 spiro atoms. The molecule has 3 heterocycles. The Labute approximate surface area is 189 Å². The Morgan fingerprint density at radius 3 is 2.39 bits per heavy atom. The van der Waals surface area contributed by atoms with Crippen molar-refractivity contribution in [2.45, 2.75) is 30.7 Å². The number of halogens is 5. The molecule has 12 heteroatoms. The first-order chi connectivity index (χ1) is 15.6. The Kier molecular flexibility index (Phi) is 4.82. The third-order valence-corrected chi connectivity index (χ3v) is 6.49. The molecule has 0 unspecified atom stereocenters. The van der Waals surface area contributed by atoms with Gasteiger partial charge in [0.1, 0.15) is 23.4 Å². The molecular formula is C21H15F5N4O2S. The van der Waals surface area contributed by atoms with Crippen molar-refractivity contribution < 1.29 is 31.5 Å². The molecule has 3 aliphatic heterocycles. The van der Waals surface area contributed by atoms with Crippen LogP contribution in [-0.2, 0) is 11.0 Å². The van der Waals surface area contributed by atoms with Crippen molar-refractivity contribution in [3.63, 3.8) is 0 Å². The van der Waals surface area contributed by atoms with Crippen molar-refractivity contribution >= 4 is 40.6 Å². The van der Waals surface area contributed by atoms with Gasteiger partial charge in [-0.25, -0.2) is 18.5 Å². The van der Waals surface area contributed by atoms with Crippen LogP contribution in [0.3, 0.4) is 0 Å². The predicted molar refractivity (Wildman–Crippen MR) is 111 cm³/mol. The van der Waals surface area contributed by atoms with Crippen molar-refractivity contribution in [3.8, 4) is 0 Å². The topological polar surface area (TPSA) is 55.9 Å². The van der Waals surface area contributed by atoms with E-state index in [-0.39, 0.29) is 17.3 Å². The van der Waals surface area contributed by atoms with Crippen LogP contribution in [0.25, 0.3) is 0 Å². The molecule has 5 rings (SSSR count). The van der Waals surface area contributed by atoms with Gasteiger partial charge in [0.05, 0.1) is 23.3 Å². The maximum Gasteiger partial charge on any atom is 0.416 e. The average molecular weight is 482 g/mol. The van der Waals surface area contributed by atoms with Gasteiger partial charge in [-0.1, -0.05) is 12.1 Å². The number of nitrogens with zero attached hydrogens (tertiary/aromatic N) is 3. The van der Waals surface area contributed by atoms with Gasteiger partial charge in [-0.2, -0.15) is 13.2 Å². The number of imide groups is 1. The van der Waals surface area contributed by atoms with Crippen molar-refractivity contribution in [1.29, 1.82) is 0 Å². The lowest BCUT2D eigenvalue weighted by atomic mass is 10.1. The number of anilines is 2. The Bertz CT molecular complexity index is 1170. The van der Waals surface area contributed by atoms with Gasteiger partial charge in [0, 0.05) is 6.54 Å². The highest BCUT2D eigenvalue weighted by Crippen LogP contribution is 2.43. The number of benzene rings is 2. The van der Waals surface area contributed by atoms with E-state index in [0.29, 0.717) is 6.42 Å². The quantitative estimate of drug-likeness (QED) is 0.399. The van der Waals surface area contributed by atoms with E-state index >= 15 is 0 Å². The number of hydrogen-bond donors (Lipinski definition) is 1. The van der Waals surface area contributed by atoms with E-state index in [2.05, 4.69) is 5.32 Å². The average Bonchev–Trinajstić information content (AvgIpc) is 3.41. The van der Waals surface area contributed by atoms with Gasteiger partial charge >= 0.3 is 12.2 Å². The zero-order valence-corrected chi connectivity index (χ0v) is 17.5. The number of urea groups is 1. The van der Waals surface area contributed by atoms with Crippen LogP contribution in [0.4, 0.5) is 38.1 Å². The molecule has 3 amide bonds. The molecule has 2 aromatic rings. The molecule has 33 heavy (non-hydrogen) atoms. The minimum Gasteiger partial charge on any atom is -0.341 e. The molecule has 0 aliphatic carbocycles. The van der Waals surface area contributed by atoms with Crippen LogP contribution >= 0.6 is 12.2 Å². The van der Waals surface area contributed by atoms with E-state index in [0.717, 1.165) is 35.2 Å². The molecule has 3 aliphatic rings. The lowest BCUT2D eigenvalue weighted by Gasteiger charge is -2.36. The second-order valence-electron chi connectivity index (χ2n) is 7.99. The zero-order chi connectivity index (χ0) is 23.7. The second kappa shape index (κ2) is 7.37. The van der Waals surface area contributed by atoms with Crippen LogP contribution in [0, 0.1) is 11.6 Å². The number of hydrogen-bond acceptors (Lipinski definition) is 3. The molecule has 3 saturated heterocycles. The Morgan fingerprint density at radius 1 is 1.06 bits per heavy atom. The van der Waals surface area contributed by atoms with Crippen molar-refractivity contribution in [2.75, 3.05) is 16.8 Å². The molecule has 6 nitrogen and oxygen atoms in total. The van der Waals surface area contributed by atoms with Gasteiger partial charge in [-0.15, -0.1) is 0 Å². The number of amides is 3. The Morgan fingerprint density at radius 2 is 1.73 bits per heavy atom. The van der Waals surface area contributed by atoms with Gasteiger partial charge in [0.15, 0.2) is 5.11 Å². The minimum absolute atomic E-state index is 0.0103. The third-order valence-electron chi connectivity index (χ3n) is 6.15.